The molecule has 0 radical (unpaired) electrons. The first-order valence-corrected chi connectivity index (χ1v) is 6.08. The second-order valence-corrected chi connectivity index (χ2v) is 3.79. The van der Waals surface area contributed by atoms with Gasteiger partial charge in [-0.3, -0.25) is 0 Å². The van der Waals surface area contributed by atoms with Gasteiger partial charge in [0.1, 0.15) is 11.6 Å². The Labute approximate surface area is 116 Å². The summed E-state index contributed by atoms with van der Waals surface area (Å²) in [6.45, 7) is 2.25. The third kappa shape index (κ3) is 2.93. The number of ether oxygens (including phenoxy) is 2. The van der Waals surface area contributed by atoms with Gasteiger partial charge in [-0.15, -0.1) is 0 Å². The van der Waals surface area contributed by atoms with E-state index in [1.807, 2.05) is 6.92 Å². The molecule has 0 fully saturated rings. The summed E-state index contributed by atoms with van der Waals surface area (Å²) >= 11 is 0. The van der Waals surface area contributed by atoms with Gasteiger partial charge in [-0.25, -0.2) is 4.39 Å². The van der Waals surface area contributed by atoms with Gasteiger partial charge < -0.3 is 14.8 Å². The number of halogens is 1. The van der Waals surface area contributed by atoms with E-state index in [1.54, 1.807) is 7.05 Å². The lowest BCUT2D eigenvalue weighted by Crippen LogP contribution is -2.05. The molecule has 0 aliphatic heterocycles. The van der Waals surface area contributed by atoms with Crippen LogP contribution in [0.15, 0.2) is 18.2 Å². The number of nitrogens with one attached hydrogen (secondary N) is 1. The highest BCUT2D eigenvalue weighted by Gasteiger charge is 2.14. The third-order valence-electron chi connectivity index (χ3n) is 2.51. The minimum absolute atomic E-state index is 0.174. The fourth-order valence-corrected chi connectivity index (χ4v) is 1.64. The molecule has 2 rings (SSSR count). The summed E-state index contributed by atoms with van der Waals surface area (Å²) in [5.41, 5.74) is 0.437. The third-order valence-corrected chi connectivity index (χ3v) is 2.51. The topological polar surface area (TPSA) is 69.2 Å². The van der Waals surface area contributed by atoms with Gasteiger partial charge in [0.15, 0.2) is 5.82 Å². The van der Waals surface area contributed by atoms with Crippen molar-refractivity contribution in [3.63, 3.8) is 0 Å². The molecule has 0 atom stereocenters. The fourth-order valence-electron chi connectivity index (χ4n) is 1.64. The van der Waals surface area contributed by atoms with Crippen molar-refractivity contribution >= 4 is 5.95 Å². The minimum atomic E-state index is -0.398. The van der Waals surface area contributed by atoms with E-state index in [4.69, 9.17) is 9.47 Å². The predicted molar refractivity (Wildman–Crippen MR) is 72.5 cm³/mol. The molecule has 0 spiro atoms. The molecule has 2 aromatic rings. The smallest absolute Gasteiger partial charge is 0.321 e. The maximum atomic E-state index is 13.4. The van der Waals surface area contributed by atoms with Gasteiger partial charge >= 0.3 is 6.01 Å². The van der Waals surface area contributed by atoms with Crippen LogP contribution in [0.3, 0.4) is 0 Å². The molecule has 1 heterocycles. The SMILES string of the molecule is CCOc1nc(NC)nc(-c2cc(F)ccc2OC)n1. The monoisotopic (exact) mass is 278 g/mol. The van der Waals surface area contributed by atoms with Gasteiger partial charge in [0, 0.05) is 7.05 Å². The van der Waals surface area contributed by atoms with Crippen LogP contribution in [-0.2, 0) is 0 Å². The van der Waals surface area contributed by atoms with Crippen molar-refractivity contribution < 1.29 is 13.9 Å². The molecular formula is C13H15FN4O2. The van der Waals surface area contributed by atoms with Gasteiger partial charge in [-0.05, 0) is 25.1 Å². The average Bonchev–Trinajstić information content (AvgIpc) is 2.47. The summed E-state index contributed by atoms with van der Waals surface area (Å²) in [7, 11) is 3.18. The van der Waals surface area contributed by atoms with Gasteiger partial charge in [0.05, 0.1) is 19.3 Å². The van der Waals surface area contributed by atoms with Crippen molar-refractivity contribution in [1.82, 2.24) is 15.0 Å². The molecule has 0 saturated carbocycles. The zero-order chi connectivity index (χ0) is 14.5. The summed E-state index contributed by atoms with van der Waals surface area (Å²) in [5.74, 6) is 0.696. The number of hydrogen-bond donors (Lipinski definition) is 1. The van der Waals surface area contributed by atoms with Crippen LogP contribution in [-0.4, -0.2) is 35.7 Å². The van der Waals surface area contributed by atoms with E-state index < -0.39 is 5.82 Å². The Morgan fingerprint density at radius 3 is 2.70 bits per heavy atom. The molecule has 0 amide bonds. The molecular weight excluding hydrogens is 263 g/mol. The van der Waals surface area contributed by atoms with E-state index in [9.17, 15) is 4.39 Å². The molecule has 0 aliphatic rings. The highest BCUT2D eigenvalue weighted by molar-refractivity contribution is 5.65. The van der Waals surface area contributed by atoms with Crippen LogP contribution in [0.4, 0.5) is 10.3 Å². The molecule has 106 valence electrons. The van der Waals surface area contributed by atoms with Crippen molar-refractivity contribution in [2.45, 2.75) is 6.92 Å². The van der Waals surface area contributed by atoms with Crippen molar-refractivity contribution in [1.29, 1.82) is 0 Å². The number of nitrogens with zero attached hydrogens (tertiary/aromatic N) is 3. The summed E-state index contributed by atoms with van der Waals surface area (Å²) in [4.78, 5) is 12.4. The first-order valence-electron chi connectivity index (χ1n) is 6.08. The second-order valence-electron chi connectivity index (χ2n) is 3.79. The summed E-state index contributed by atoms with van der Waals surface area (Å²) in [5, 5.41) is 2.81. The average molecular weight is 278 g/mol. The molecule has 1 aromatic carbocycles. The van der Waals surface area contributed by atoms with Crippen LogP contribution in [0.5, 0.6) is 11.8 Å². The van der Waals surface area contributed by atoms with Gasteiger partial charge in [-0.1, -0.05) is 0 Å². The Kier molecular flexibility index (Phi) is 4.29. The van der Waals surface area contributed by atoms with Gasteiger partial charge in [0.25, 0.3) is 0 Å². The van der Waals surface area contributed by atoms with E-state index >= 15 is 0 Å². The molecule has 0 unspecified atom stereocenters. The lowest BCUT2D eigenvalue weighted by Gasteiger charge is -2.10. The molecule has 6 nitrogen and oxygen atoms in total. The van der Waals surface area contributed by atoms with Gasteiger partial charge in [-0.2, -0.15) is 15.0 Å². The Hall–Kier alpha value is -2.44. The Morgan fingerprint density at radius 2 is 2.05 bits per heavy atom. The van der Waals surface area contributed by atoms with Crippen LogP contribution in [0, 0.1) is 5.82 Å². The van der Waals surface area contributed by atoms with E-state index in [1.165, 1.54) is 25.3 Å². The van der Waals surface area contributed by atoms with E-state index in [-0.39, 0.29) is 11.8 Å². The van der Waals surface area contributed by atoms with Crippen LogP contribution >= 0.6 is 0 Å². The molecule has 20 heavy (non-hydrogen) atoms. The zero-order valence-corrected chi connectivity index (χ0v) is 11.5. The molecule has 0 aliphatic carbocycles. The molecule has 1 N–H and O–H groups in total. The number of hydrogen-bond acceptors (Lipinski definition) is 6. The summed E-state index contributed by atoms with van der Waals surface area (Å²) < 4.78 is 23.9. The van der Waals surface area contributed by atoms with Crippen molar-refractivity contribution in [3.8, 4) is 23.1 Å². The normalized spacial score (nSPS) is 10.2. The lowest BCUT2D eigenvalue weighted by atomic mass is 10.2. The number of methoxy groups -OCH3 is 1. The van der Waals surface area contributed by atoms with Crippen LogP contribution in [0.2, 0.25) is 0 Å². The largest absolute Gasteiger partial charge is 0.496 e. The fraction of sp³-hybridized carbons (Fsp3) is 0.308. The van der Waals surface area contributed by atoms with Crippen LogP contribution < -0.4 is 14.8 Å². The zero-order valence-electron chi connectivity index (χ0n) is 11.5. The highest BCUT2D eigenvalue weighted by atomic mass is 19.1. The number of rotatable bonds is 5. The van der Waals surface area contributed by atoms with Crippen molar-refractivity contribution in [3.05, 3.63) is 24.0 Å². The number of aromatic nitrogens is 3. The van der Waals surface area contributed by atoms with Gasteiger partial charge in [0.2, 0.25) is 5.95 Å². The maximum absolute atomic E-state index is 13.4. The Balaban J connectivity index is 2.56. The van der Waals surface area contributed by atoms with Crippen LogP contribution in [0.1, 0.15) is 6.92 Å². The van der Waals surface area contributed by atoms with Crippen molar-refractivity contribution in [2.24, 2.45) is 0 Å². The highest BCUT2D eigenvalue weighted by Crippen LogP contribution is 2.29. The lowest BCUT2D eigenvalue weighted by molar-refractivity contribution is 0.312. The number of anilines is 1. The molecule has 0 saturated heterocycles. The number of benzene rings is 1. The quantitative estimate of drug-likeness (QED) is 0.903. The maximum Gasteiger partial charge on any atom is 0.321 e. The summed E-state index contributed by atoms with van der Waals surface area (Å²) in [6, 6.07) is 4.32. The van der Waals surface area contributed by atoms with Crippen LogP contribution in [0.25, 0.3) is 11.4 Å². The molecule has 0 bridgehead atoms. The first kappa shape index (κ1) is 14.0. The van der Waals surface area contributed by atoms with Crippen molar-refractivity contribution in [2.75, 3.05) is 26.1 Å². The Morgan fingerprint density at radius 1 is 1.25 bits per heavy atom. The predicted octanol–water partition coefficient (Wildman–Crippen LogP) is 2.13. The van der Waals surface area contributed by atoms with E-state index in [0.717, 1.165) is 0 Å². The first-order chi connectivity index (χ1) is 9.67. The molecule has 7 heteroatoms. The van der Waals surface area contributed by atoms with E-state index in [2.05, 4.69) is 20.3 Å². The van der Waals surface area contributed by atoms with E-state index in [0.29, 0.717) is 23.9 Å². The minimum Gasteiger partial charge on any atom is -0.496 e. The second kappa shape index (κ2) is 6.14. The Bertz CT molecular complexity index is 607. The molecule has 1 aromatic heterocycles. The standard InChI is InChI=1S/C13H15FN4O2/c1-4-20-13-17-11(16-12(15-2)18-13)9-7-8(14)5-6-10(9)19-3/h5-7H,4H2,1-3H3,(H,15,16,17,18). The summed E-state index contributed by atoms with van der Waals surface area (Å²) in [6.07, 6.45) is 0.